The molecule has 0 unspecified atom stereocenters. The lowest BCUT2D eigenvalue weighted by Gasteiger charge is -1.48. The van der Waals surface area contributed by atoms with E-state index in [-0.39, 0.29) is 0 Å². The highest BCUT2D eigenvalue weighted by Crippen LogP contribution is 2.36. The van der Waals surface area contributed by atoms with Crippen LogP contribution in [0.25, 0.3) is 0 Å². The molecule has 1 aliphatic carbocycles. The van der Waals surface area contributed by atoms with Gasteiger partial charge in [-0.05, 0) is 12.8 Å². The SMILES string of the molecule is Br[C]1[CH]C1. The van der Waals surface area contributed by atoms with Gasteiger partial charge < -0.3 is 0 Å². The maximum absolute atomic E-state index is 3.24. The van der Waals surface area contributed by atoms with Crippen molar-refractivity contribution in [2.24, 2.45) is 0 Å². The van der Waals surface area contributed by atoms with E-state index in [1.165, 1.54) is 11.2 Å². The van der Waals surface area contributed by atoms with Gasteiger partial charge in [0.05, 0.1) is 0 Å². The van der Waals surface area contributed by atoms with Gasteiger partial charge in [-0.1, -0.05) is 15.9 Å². The standard InChI is InChI=1S/C3H3Br/c4-3-1-2-3/h1H,2H2. The first kappa shape index (κ1) is 2.70. The number of halogens is 1. The lowest BCUT2D eigenvalue weighted by atomic mass is 11.0. The van der Waals surface area contributed by atoms with Crippen LogP contribution < -0.4 is 0 Å². The molecule has 1 heteroatoms. The summed E-state index contributed by atoms with van der Waals surface area (Å²) in [5.41, 5.74) is 0. The van der Waals surface area contributed by atoms with Crippen molar-refractivity contribution in [2.75, 3.05) is 0 Å². The third-order valence-electron chi connectivity index (χ3n) is 0.358. The fraction of sp³-hybridized carbons (Fsp3) is 0.333. The van der Waals surface area contributed by atoms with Crippen molar-refractivity contribution < 1.29 is 0 Å². The summed E-state index contributed by atoms with van der Waals surface area (Å²) >= 11 is 3.24. The van der Waals surface area contributed by atoms with Crippen molar-refractivity contribution in [1.82, 2.24) is 0 Å². The van der Waals surface area contributed by atoms with Crippen molar-refractivity contribution >= 4 is 15.9 Å². The van der Waals surface area contributed by atoms with Gasteiger partial charge >= 0.3 is 0 Å². The average molecular weight is 119 g/mol. The van der Waals surface area contributed by atoms with E-state index in [2.05, 4.69) is 22.4 Å². The summed E-state index contributed by atoms with van der Waals surface area (Å²) in [6.07, 6.45) is 3.32. The highest BCUT2D eigenvalue weighted by molar-refractivity contribution is 9.11. The average Bonchev–Trinajstić information content (AvgIpc) is 1.75. The first-order valence-corrected chi connectivity index (χ1v) is 2.03. The zero-order valence-electron chi connectivity index (χ0n) is 2.16. The van der Waals surface area contributed by atoms with E-state index in [0.29, 0.717) is 0 Å². The third-order valence-corrected chi connectivity index (χ3v) is 1.01. The smallest absolute Gasteiger partial charge is 0.0448 e. The molecule has 0 aliphatic heterocycles. The van der Waals surface area contributed by atoms with Crippen LogP contribution in [0.1, 0.15) is 6.42 Å². The molecule has 1 rings (SSSR count). The maximum atomic E-state index is 3.24. The van der Waals surface area contributed by atoms with E-state index in [1.807, 2.05) is 0 Å². The molecule has 0 atom stereocenters. The lowest BCUT2D eigenvalue weighted by Crippen LogP contribution is -1.25. The van der Waals surface area contributed by atoms with Gasteiger partial charge in [0.25, 0.3) is 0 Å². The number of hydrogen-bond donors (Lipinski definition) is 0. The normalized spacial score (nSPS) is 26.2. The fourth-order valence-corrected chi connectivity index (χ4v) is 0.200. The van der Waals surface area contributed by atoms with Crippen LogP contribution >= 0.6 is 15.9 Å². The van der Waals surface area contributed by atoms with E-state index >= 15 is 0 Å². The zero-order chi connectivity index (χ0) is 2.99. The van der Waals surface area contributed by atoms with Crippen LogP contribution in [0.2, 0.25) is 0 Å². The minimum atomic E-state index is 1.19. The van der Waals surface area contributed by atoms with Gasteiger partial charge in [-0.15, -0.1) is 0 Å². The molecule has 0 N–H and O–H groups in total. The molecule has 0 amide bonds. The second-order valence-electron chi connectivity index (χ2n) is 0.855. The molecule has 0 heterocycles. The van der Waals surface area contributed by atoms with E-state index in [9.17, 15) is 0 Å². The minimum Gasteiger partial charge on any atom is -0.0835 e. The minimum absolute atomic E-state index is 1.19. The monoisotopic (exact) mass is 118 g/mol. The van der Waals surface area contributed by atoms with Crippen LogP contribution in [0.15, 0.2) is 0 Å². The summed E-state index contributed by atoms with van der Waals surface area (Å²) in [6.45, 7) is 0. The summed E-state index contributed by atoms with van der Waals surface area (Å²) in [7, 11) is 0. The first-order chi connectivity index (χ1) is 1.89. The second kappa shape index (κ2) is 0.713. The van der Waals surface area contributed by atoms with Crippen molar-refractivity contribution in [3.63, 3.8) is 0 Å². The van der Waals surface area contributed by atoms with Gasteiger partial charge in [0, 0.05) is 4.83 Å². The summed E-state index contributed by atoms with van der Waals surface area (Å²) in [5.74, 6) is 0. The van der Waals surface area contributed by atoms with E-state index in [0.717, 1.165) is 0 Å². The molecule has 1 aliphatic rings. The molecule has 0 spiro atoms. The summed E-state index contributed by atoms with van der Waals surface area (Å²) < 4.78 is 0. The molecule has 22 valence electrons. The summed E-state index contributed by atoms with van der Waals surface area (Å²) in [5, 5.41) is 0. The van der Waals surface area contributed by atoms with Crippen LogP contribution in [-0.4, -0.2) is 0 Å². The second-order valence-corrected chi connectivity index (χ2v) is 1.87. The van der Waals surface area contributed by atoms with Crippen molar-refractivity contribution in [3.05, 3.63) is 11.2 Å². The van der Waals surface area contributed by atoms with Crippen LogP contribution in [0.3, 0.4) is 0 Å². The molecule has 2 radical (unpaired) electrons. The van der Waals surface area contributed by atoms with Crippen molar-refractivity contribution in [1.29, 1.82) is 0 Å². The third kappa shape index (κ3) is 0.449. The highest BCUT2D eigenvalue weighted by atomic mass is 79.9. The van der Waals surface area contributed by atoms with Crippen LogP contribution in [0.5, 0.6) is 0 Å². The molecule has 4 heavy (non-hydrogen) atoms. The molecule has 0 aromatic rings. The largest absolute Gasteiger partial charge is 0.0835 e. The van der Waals surface area contributed by atoms with Gasteiger partial charge in [0.2, 0.25) is 0 Å². The van der Waals surface area contributed by atoms with E-state index < -0.39 is 0 Å². The molecule has 0 saturated heterocycles. The van der Waals surface area contributed by atoms with E-state index in [4.69, 9.17) is 0 Å². The van der Waals surface area contributed by atoms with Gasteiger partial charge in [-0.3, -0.25) is 0 Å². The molecule has 1 saturated carbocycles. The van der Waals surface area contributed by atoms with Crippen molar-refractivity contribution in [2.45, 2.75) is 6.42 Å². The predicted molar refractivity (Wildman–Crippen MR) is 21.1 cm³/mol. The number of rotatable bonds is 0. The Morgan fingerprint density at radius 1 is 2.00 bits per heavy atom. The van der Waals surface area contributed by atoms with Gasteiger partial charge in [0.1, 0.15) is 0 Å². The Bertz CT molecular complexity index is 22.5. The Morgan fingerprint density at radius 2 is 2.25 bits per heavy atom. The molecule has 1 fully saturated rings. The van der Waals surface area contributed by atoms with Crippen LogP contribution in [0.4, 0.5) is 0 Å². The molecular weight excluding hydrogens is 116 g/mol. The van der Waals surface area contributed by atoms with Crippen LogP contribution in [-0.2, 0) is 0 Å². The Hall–Kier alpha value is 0.480. The molecule has 0 nitrogen and oxygen atoms in total. The predicted octanol–water partition coefficient (Wildman–Crippen LogP) is 1.52. The maximum Gasteiger partial charge on any atom is 0.0448 e. The van der Waals surface area contributed by atoms with Gasteiger partial charge in [0.15, 0.2) is 0 Å². The molecule has 0 aromatic carbocycles. The molecular formula is C3H3Br. The topological polar surface area (TPSA) is 0 Å². The van der Waals surface area contributed by atoms with E-state index in [1.54, 1.807) is 0 Å². The van der Waals surface area contributed by atoms with Crippen molar-refractivity contribution in [3.8, 4) is 0 Å². The Labute approximate surface area is 34.3 Å². The summed E-state index contributed by atoms with van der Waals surface area (Å²) in [6, 6.07) is 0. The highest BCUT2D eigenvalue weighted by Gasteiger charge is 2.17. The summed E-state index contributed by atoms with van der Waals surface area (Å²) in [4.78, 5) is 1.35. The Morgan fingerprint density at radius 3 is 2.25 bits per heavy atom. The fourth-order valence-electron chi connectivity index (χ4n) is 0.0386. The Kier molecular flexibility index (Phi) is 0.482. The van der Waals surface area contributed by atoms with Gasteiger partial charge in [-0.2, -0.15) is 0 Å². The molecule has 0 aromatic heterocycles. The quantitative estimate of drug-likeness (QED) is 0.453. The molecule has 0 bridgehead atoms. The zero-order valence-corrected chi connectivity index (χ0v) is 3.75. The van der Waals surface area contributed by atoms with Crippen LogP contribution in [0, 0.1) is 11.2 Å². The van der Waals surface area contributed by atoms with Gasteiger partial charge in [-0.25, -0.2) is 0 Å². The first-order valence-electron chi connectivity index (χ1n) is 1.24. The number of hydrogen-bond acceptors (Lipinski definition) is 0. The lowest BCUT2D eigenvalue weighted by molar-refractivity contribution is 1.69. The Balaban J connectivity index is 2.17.